The molecule has 1 N–H and O–H groups in total. The van der Waals surface area contributed by atoms with Gasteiger partial charge in [-0.25, -0.2) is 9.97 Å². The number of benzene rings is 1. The maximum Gasteiger partial charge on any atom is 0.257 e. The molecule has 0 atom stereocenters. The first-order valence-electron chi connectivity index (χ1n) is 9.54. The fourth-order valence-corrected chi connectivity index (χ4v) is 3.02. The molecule has 0 unspecified atom stereocenters. The Bertz CT molecular complexity index is 826. The molecule has 8 heteroatoms. The predicted molar refractivity (Wildman–Crippen MR) is 114 cm³/mol. The van der Waals surface area contributed by atoms with Crippen LogP contribution in [0.4, 0.5) is 5.82 Å². The minimum Gasteiger partial charge on any atom is -0.496 e. The van der Waals surface area contributed by atoms with Crippen LogP contribution in [-0.4, -0.2) is 50.7 Å². The second-order valence-electron chi connectivity index (χ2n) is 6.39. The van der Waals surface area contributed by atoms with Gasteiger partial charge in [-0.05, 0) is 31.9 Å². The molecule has 0 bridgehead atoms. The molecule has 29 heavy (non-hydrogen) atoms. The quantitative estimate of drug-likeness (QED) is 0.474. The van der Waals surface area contributed by atoms with Crippen molar-refractivity contribution in [2.45, 2.75) is 39.7 Å². The van der Waals surface area contributed by atoms with Gasteiger partial charge < -0.3 is 24.4 Å². The monoisotopic (exact) mass is 402 g/mol. The Kier molecular flexibility index (Phi) is 8.06. The zero-order valence-electron chi connectivity index (χ0n) is 18.2. The van der Waals surface area contributed by atoms with Gasteiger partial charge in [-0.3, -0.25) is 0 Å². The standard InChI is InChI=1S/C21H30N4O4/c1-8-15(9-2)24-20-21(28-6)25-19(13(3)23-20)18-16(26-4)10-14(12-22-29-7)11-17(18)27-5/h10-12,15H,8-9H2,1-7H3,(H,23,24). The molecule has 1 heterocycles. The van der Waals surface area contributed by atoms with Crippen molar-refractivity contribution >= 4 is 12.0 Å². The lowest BCUT2D eigenvalue weighted by Crippen LogP contribution is -2.19. The highest BCUT2D eigenvalue weighted by Gasteiger charge is 2.22. The van der Waals surface area contributed by atoms with Crippen molar-refractivity contribution in [2.24, 2.45) is 5.16 Å². The van der Waals surface area contributed by atoms with Gasteiger partial charge in [0.15, 0.2) is 5.82 Å². The summed E-state index contributed by atoms with van der Waals surface area (Å²) in [6.45, 7) is 6.16. The molecule has 1 aromatic heterocycles. The molecule has 0 amide bonds. The van der Waals surface area contributed by atoms with Gasteiger partial charge in [-0.1, -0.05) is 19.0 Å². The summed E-state index contributed by atoms with van der Waals surface area (Å²) in [5.74, 6) is 2.22. The maximum absolute atomic E-state index is 5.61. The fraction of sp³-hybridized carbons (Fsp3) is 0.476. The lowest BCUT2D eigenvalue weighted by molar-refractivity contribution is 0.215. The van der Waals surface area contributed by atoms with Gasteiger partial charge in [-0.2, -0.15) is 0 Å². The van der Waals surface area contributed by atoms with Crippen LogP contribution in [0.2, 0.25) is 0 Å². The van der Waals surface area contributed by atoms with E-state index in [1.54, 1.807) is 27.5 Å². The minimum atomic E-state index is 0.298. The van der Waals surface area contributed by atoms with Crippen molar-refractivity contribution in [3.63, 3.8) is 0 Å². The molecule has 0 fully saturated rings. The van der Waals surface area contributed by atoms with E-state index in [4.69, 9.17) is 29.0 Å². The third kappa shape index (κ3) is 5.07. The molecule has 0 radical (unpaired) electrons. The molecular weight excluding hydrogens is 372 g/mol. The third-order valence-corrected chi connectivity index (χ3v) is 4.63. The Balaban J connectivity index is 2.62. The van der Waals surface area contributed by atoms with Crippen molar-refractivity contribution in [3.8, 4) is 28.6 Å². The number of hydrogen-bond acceptors (Lipinski definition) is 8. The Morgan fingerprint density at radius 3 is 2.10 bits per heavy atom. The smallest absolute Gasteiger partial charge is 0.257 e. The normalized spacial score (nSPS) is 11.0. The van der Waals surface area contributed by atoms with Crippen LogP contribution in [0.3, 0.4) is 0 Å². The van der Waals surface area contributed by atoms with Gasteiger partial charge in [0.25, 0.3) is 5.88 Å². The number of hydrogen-bond donors (Lipinski definition) is 1. The van der Waals surface area contributed by atoms with E-state index in [0.717, 1.165) is 24.1 Å². The summed E-state index contributed by atoms with van der Waals surface area (Å²) in [5.41, 5.74) is 2.82. The zero-order valence-corrected chi connectivity index (χ0v) is 18.2. The molecule has 158 valence electrons. The number of rotatable bonds is 10. The Morgan fingerprint density at radius 1 is 1.00 bits per heavy atom. The SMILES string of the molecule is CCC(CC)Nc1nc(C)c(-c2c(OC)cc(C=NOC)cc2OC)nc1OC. The number of nitrogens with one attached hydrogen (secondary N) is 1. The summed E-state index contributed by atoms with van der Waals surface area (Å²) in [6, 6.07) is 3.97. The molecule has 0 aliphatic rings. The Morgan fingerprint density at radius 2 is 1.62 bits per heavy atom. The van der Waals surface area contributed by atoms with E-state index >= 15 is 0 Å². The van der Waals surface area contributed by atoms with Gasteiger partial charge in [-0.15, -0.1) is 0 Å². The van der Waals surface area contributed by atoms with Crippen LogP contribution in [0.1, 0.15) is 37.9 Å². The molecule has 2 aromatic rings. The largest absolute Gasteiger partial charge is 0.496 e. The lowest BCUT2D eigenvalue weighted by Gasteiger charge is -2.20. The zero-order chi connectivity index (χ0) is 21.4. The maximum atomic E-state index is 5.61. The number of oxime groups is 1. The van der Waals surface area contributed by atoms with Gasteiger partial charge in [0.1, 0.15) is 24.3 Å². The summed E-state index contributed by atoms with van der Waals surface area (Å²) in [5, 5.41) is 7.22. The van der Waals surface area contributed by atoms with E-state index in [0.29, 0.717) is 40.5 Å². The minimum absolute atomic E-state index is 0.298. The summed E-state index contributed by atoms with van der Waals surface area (Å²) >= 11 is 0. The Labute approximate surface area is 172 Å². The van der Waals surface area contributed by atoms with Crippen molar-refractivity contribution in [2.75, 3.05) is 33.8 Å². The van der Waals surface area contributed by atoms with E-state index in [2.05, 4.69) is 24.3 Å². The van der Waals surface area contributed by atoms with Gasteiger partial charge in [0.05, 0.1) is 38.8 Å². The van der Waals surface area contributed by atoms with Gasteiger partial charge in [0.2, 0.25) is 0 Å². The molecule has 1 aromatic carbocycles. The van der Waals surface area contributed by atoms with E-state index in [1.165, 1.54) is 7.11 Å². The summed E-state index contributed by atoms with van der Waals surface area (Å²) in [7, 11) is 6.26. The van der Waals surface area contributed by atoms with Crippen molar-refractivity contribution < 1.29 is 19.0 Å². The number of aromatic nitrogens is 2. The average Bonchev–Trinajstić information content (AvgIpc) is 2.75. The van der Waals surface area contributed by atoms with Crippen LogP contribution in [-0.2, 0) is 4.84 Å². The van der Waals surface area contributed by atoms with Crippen molar-refractivity contribution in [1.82, 2.24) is 9.97 Å². The number of anilines is 1. The number of ether oxygens (including phenoxy) is 3. The second kappa shape index (κ2) is 10.5. The first-order chi connectivity index (χ1) is 14.0. The van der Waals surface area contributed by atoms with E-state index in [-0.39, 0.29) is 0 Å². The van der Waals surface area contributed by atoms with Crippen LogP contribution in [0.15, 0.2) is 17.3 Å². The molecule has 0 saturated heterocycles. The van der Waals surface area contributed by atoms with Crippen molar-refractivity contribution in [3.05, 3.63) is 23.4 Å². The topological polar surface area (TPSA) is 87.1 Å². The van der Waals surface area contributed by atoms with Crippen LogP contribution >= 0.6 is 0 Å². The highest BCUT2D eigenvalue weighted by atomic mass is 16.6. The number of methoxy groups -OCH3 is 3. The predicted octanol–water partition coefficient (Wildman–Crippen LogP) is 4.06. The lowest BCUT2D eigenvalue weighted by atomic mass is 10.0. The molecular formula is C21H30N4O4. The van der Waals surface area contributed by atoms with Gasteiger partial charge in [0, 0.05) is 11.6 Å². The van der Waals surface area contributed by atoms with Crippen LogP contribution in [0, 0.1) is 6.92 Å². The van der Waals surface area contributed by atoms with E-state index in [9.17, 15) is 0 Å². The summed E-state index contributed by atoms with van der Waals surface area (Å²) in [6.07, 6.45) is 3.54. The fourth-order valence-electron chi connectivity index (χ4n) is 3.02. The van der Waals surface area contributed by atoms with Crippen LogP contribution < -0.4 is 19.5 Å². The first kappa shape index (κ1) is 22.3. The van der Waals surface area contributed by atoms with E-state index < -0.39 is 0 Å². The van der Waals surface area contributed by atoms with Crippen LogP contribution in [0.5, 0.6) is 17.4 Å². The Hall–Kier alpha value is -3.03. The molecule has 8 nitrogen and oxygen atoms in total. The number of nitrogens with zero attached hydrogens (tertiary/aromatic N) is 3. The molecule has 2 rings (SSSR count). The summed E-state index contributed by atoms with van der Waals surface area (Å²) < 4.78 is 16.7. The molecule has 0 aliphatic carbocycles. The van der Waals surface area contributed by atoms with Gasteiger partial charge >= 0.3 is 0 Å². The second-order valence-corrected chi connectivity index (χ2v) is 6.39. The van der Waals surface area contributed by atoms with Crippen molar-refractivity contribution in [1.29, 1.82) is 0 Å². The van der Waals surface area contributed by atoms with Crippen LogP contribution in [0.25, 0.3) is 11.3 Å². The molecule has 0 saturated carbocycles. The molecule has 0 aliphatic heterocycles. The number of aryl methyl sites for hydroxylation is 1. The third-order valence-electron chi connectivity index (χ3n) is 4.63. The summed E-state index contributed by atoms with van der Waals surface area (Å²) in [4.78, 5) is 14.2. The molecule has 0 spiro atoms. The average molecular weight is 402 g/mol. The first-order valence-corrected chi connectivity index (χ1v) is 9.54. The highest BCUT2D eigenvalue weighted by Crippen LogP contribution is 2.41. The highest BCUT2D eigenvalue weighted by molar-refractivity contribution is 5.86. The van der Waals surface area contributed by atoms with E-state index in [1.807, 2.05) is 19.1 Å².